The van der Waals surface area contributed by atoms with E-state index in [0.717, 1.165) is 26.2 Å². The number of aromatic nitrogens is 2. The Morgan fingerprint density at radius 1 is 1.31 bits per heavy atom. The molecule has 0 aliphatic heterocycles. The van der Waals surface area contributed by atoms with Crippen molar-refractivity contribution in [3.63, 3.8) is 0 Å². The van der Waals surface area contributed by atoms with Gasteiger partial charge < -0.3 is 5.73 Å². The van der Waals surface area contributed by atoms with Gasteiger partial charge in [-0.3, -0.25) is 4.40 Å². The van der Waals surface area contributed by atoms with Crippen LogP contribution in [0, 0.1) is 0 Å². The Balaban J connectivity index is 2.25. The van der Waals surface area contributed by atoms with Crippen LogP contribution in [-0.4, -0.2) is 9.38 Å². The Morgan fingerprint density at radius 2 is 2.19 bits per heavy atom. The third kappa shape index (κ3) is 1.47. The van der Waals surface area contributed by atoms with Gasteiger partial charge in [0.1, 0.15) is 0 Å². The maximum absolute atomic E-state index is 5.92. The van der Waals surface area contributed by atoms with Crippen molar-refractivity contribution in [1.29, 1.82) is 0 Å². The molecule has 0 bridgehead atoms. The SMILES string of the molecule is Nc1ccn2c(-c3ccc(Cl)s3)ncc2c1. The molecule has 5 heteroatoms. The third-order valence-electron chi connectivity index (χ3n) is 2.35. The van der Waals surface area contributed by atoms with Gasteiger partial charge >= 0.3 is 0 Å². The lowest BCUT2D eigenvalue weighted by Crippen LogP contribution is -1.90. The van der Waals surface area contributed by atoms with E-state index >= 15 is 0 Å². The highest BCUT2D eigenvalue weighted by Crippen LogP contribution is 2.30. The molecule has 0 amide bonds. The van der Waals surface area contributed by atoms with Gasteiger partial charge in [0, 0.05) is 11.9 Å². The van der Waals surface area contributed by atoms with Gasteiger partial charge in [0.25, 0.3) is 0 Å². The Bertz CT molecular complexity index is 656. The number of hydrogen-bond donors (Lipinski definition) is 1. The van der Waals surface area contributed by atoms with E-state index in [4.69, 9.17) is 17.3 Å². The molecule has 0 aliphatic carbocycles. The molecule has 0 saturated carbocycles. The van der Waals surface area contributed by atoms with Gasteiger partial charge in [-0.1, -0.05) is 11.6 Å². The lowest BCUT2D eigenvalue weighted by atomic mass is 10.3. The number of pyridine rings is 1. The van der Waals surface area contributed by atoms with Gasteiger partial charge in [0.05, 0.1) is 20.9 Å². The monoisotopic (exact) mass is 249 g/mol. The summed E-state index contributed by atoms with van der Waals surface area (Å²) in [6.45, 7) is 0. The van der Waals surface area contributed by atoms with Crippen LogP contribution in [0.2, 0.25) is 4.34 Å². The maximum Gasteiger partial charge on any atom is 0.154 e. The normalized spacial score (nSPS) is 11.1. The highest BCUT2D eigenvalue weighted by molar-refractivity contribution is 7.19. The average molecular weight is 250 g/mol. The van der Waals surface area contributed by atoms with Crippen LogP contribution in [0.4, 0.5) is 5.69 Å². The standard InChI is InChI=1S/C11H8ClN3S/c12-10-2-1-9(16-10)11-14-6-8-5-7(13)3-4-15(8)11/h1-6H,13H2. The first-order valence-electron chi connectivity index (χ1n) is 4.72. The molecule has 3 rings (SSSR count). The molecule has 16 heavy (non-hydrogen) atoms. The zero-order valence-electron chi connectivity index (χ0n) is 8.22. The summed E-state index contributed by atoms with van der Waals surface area (Å²) in [5.41, 5.74) is 7.44. The van der Waals surface area contributed by atoms with E-state index in [0.29, 0.717) is 0 Å². The number of anilines is 1. The zero-order valence-corrected chi connectivity index (χ0v) is 9.79. The molecule has 80 valence electrons. The van der Waals surface area contributed by atoms with Crippen molar-refractivity contribution in [2.24, 2.45) is 0 Å². The van der Waals surface area contributed by atoms with Crippen LogP contribution in [0.3, 0.4) is 0 Å². The van der Waals surface area contributed by atoms with Crippen LogP contribution < -0.4 is 5.73 Å². The van der Waals surface area contributed by atoms with Crippen LogP contribution >= 0.6 is 22.9 Å². The smallest absolute Gasteiger partial charge is 0.154 e. The fourth-order valence-electron chi connectivity index (χ4n) is 1.63. The zero-order chi connectivity index (χ0) is 11.1. The summed E-state index contributed by atoms with van der Waals surface area (Å²) >= 11 is 7.43. The first-order valence-corrected chi connectivity index (χ1v) is 5.92. The predicted octanol–water partition coefficient (Wildman–Crippen LogP) is 3.30. The van der Waals surface area contributed by atoms with Crippen molar-refractivity contribution < 1.29 is 0 Å². The van der Waals surface area contributed by atoms with Crippen LogP contribution in [0.5, 0.6) is 0 Å². The van der Waals surface area contributed by atoms with Gasteiger partial charge in [-0.25, -0.2) is 4.98 Å². The molecule has 0 saturated heterocycles. The summed E-state index contributed by atoms with van der Waals surface area (Å²) in [6.07, 6.45) is 3.72. The minimum absolute atomic E-state index is 0.739. The number of imidazole rings is 1. The number of thiophene rings is 1. The summed E-state index contributed by atoms with van der Waals surface area (Å²) in [6, 6.07) is 7.59. The largest absolute Gasteiger partial charge is 0.399 e. The first-order chi connectivity index (χ1) is 7.74. The summed E-state index contributed by atoms with van der Waals surface area (Å²) in [7, 11) is 0. The van der Waals surface area contributed by atoms with E-state index in [1.807, 2.05) is 34.9 Å². The molecule has 3 heterocycles. The van der Waals surface area contributed by atoms with Crippen LogP contribution in [0.25, 0.3) is 16.2 Å². The van der Waals surface area contributed by atoms with Gasteiger partial charge in [-0.05, 0) is 24.3 Å². The minimum Gasteiger partial charge on any atom is -0.399 e. The fourth-order valence-corrected chi connectivity index (χ4v) is 2.67. The highest BCUT2D eigenvalue weighted by atomic mass is 35.5. The molecular weight excluding hydrogens is 242 g/mol. The Labute approximate surface area is 101 Å². The Hall–Kier alpha value is -1.52. The van der Waals surface area contributed by atoms with E-state index in [2.05, 4.69) is 4.98 Å². The summed E-state index contributed by atoms with van der Waals surface area (Å²) in [5.74, 6) is 0.895. The second-order valence-electron chi connectivity index (χ2n) is 3.44. The van der Waals surface area contributed by atoms with Crippen molar-refractivity contribution >= 4 is 34.1 Å². The van der Waals surface area contributed by atoms with Crippen molar-refractivity contribution in [1.82, 2.24) is 9.38 Å². The van der Waals surface area contributed by atoms with E-state index < -0.39 is 0 Å². The number of halogens is 1. The van der Waals surface area contributed by atoms with Gasteiger partial charge in [-0.15, -0.1) is 11.3 Å². The number of rotatable bonds is 1. The van der Waals surface area contributed by atoms with Crippen molar-refractivity contribution in [3.8, 4) is 10.7 Å². The topological polar surface area (TPSA) is 43.3 Å². The Kier molecular flexibility index (Phi) is 2.12. The van der Waals surface area contributed by atoms with Crippen molar-refractivity contribution in [2.45, 2.75) is 0 Å². The number of nitrogens with zero attached hydrogens (tertiary/aromatic N) is 2. The van der Waals surface area contributed by atoms with Crippen LogP contribution in [0.15, 0.2) is 36.7 Å². The number of nitrogen functional groups attached to an aromatic ring is 1. The fraction of sp³-hybridized carbons (Fsp3) is 0. The number of fused-ring (bicyclic) bond motifs is 1. The molecule has 0 radical (unpaired) electrons. The Morgan fingerprint density at radius 3 is 2.94 bits per heavy atom. The first kappa shape index (κ1) is 9.69. The van der Waals surface area contributed by atoms with Gasteiger partial charge in [-0.2, -0.15) is 0 Å². The van der Waals surface area contributed by atoms with Gasteiger partial charge in [0.2, 0.25) is 0 Å². The van der Waals surface area contributed by atoms with Crippen molar-refractivity contribution in [2.75, 3.05) is 5.73 Å². The second kappa shape index (κ2) is 3.50. The average Bonchev–Trinajstić information content (AvgIpc) is 2.83. The summed E-state index contributed by atoms with van der Waals surface area (Å²) in [4.78, 5) is 5.43. The second-order valence-corrected chi connectivity index (χ2v) is 5.16. The molecule has 3 nitrogen and oxygen atoms in total. The lowest BCUT2D eigenvalue weighted by molar-refractivity contribution is 1.17. The van der Waals surface area contributed by atoms with E-state index in [-0.39, 0.29) is 0 Å². The molecule has 3 aromatic rings. The highest BCUT2D eigenvalue weighted by Gasteiger charge is 2.08. The molecule has 3 aromatic heterocycles. The molecule has 0 fully saturated rings. The molecule has 0 aliphatic rings. The lowest BCUT2D eigenvalue weighted by Gasteiger charge is -1.99. The van der Waals surface area contributed by atoms with Crippen molar-refractivity contribution in [3.05, 3.63) is 41.0 Å². The summed E-state index contributed by atoms with van der Waals surface area (Å²) < 4.78 is 2.76. The molecular formula is C11H8ClN3S. The summed E-state index contributed by atoms with van der Waals surface area (Å²) in [5, 5.41) is 0. The molecule has 0 unspecified atom stereocenters. The van der Waals surface area contributed by atoms with E-state index in [1.54, 1.807) is 6.20 Å². The number of nitrogens with two attached hydrogens (primary N) is 1. The van der Waals surface area contributed by atoms with Crippen LogP contribution in [0.1, 0.15) is 0 Å². The quantitative estimate of drug-likeness (QED) is 0.719. The van der Waals surface area contributed by atoms with Crippen LogP contribution in [-0.2, 0) is 0 Å². The molecule has 0 atom stereocenters. The van der Waals surface area contributed by atoms with E-state index in [1.165, 1.54) is 11.3 Å². The van der Waals surface area contributed by atoms with E-state index in [9.17, 15) is 0 Å². The predicted molar refractivity (Wildman–Crippen MR) is 67.9 cm³/mol. The maximum atomic E-state index is 5.92. The minimum atomic E-state index is 0.739. The molecule has 0 aromatic carbocycles. The van der Waals surface area contributed by atoms with Gasteiger partial charge in [0.15, 0.2) is 5.82 Å². The molecule has 0 spiro atoms. The third-order valence-corrected chi connectivity index (χ3v) is 3.58. The number of hydrogen-bond acceptors (Lipinski definition) is 3. The molecule has 2 N–H and O–H groups in total.